The van der Waals surface area contributed by atoms with E-state index in [4.69, 9.17) is 9.15 Å². The summed E-state index contributed by atoms with van der Waals surface area (Å²) < 4.78 is 11.1. The number of carbonyl (C=O) groups is 1. The van der Waals surface area contributed by atoms with Crippen molar-refractivity contribution in [2.75, 3.05) is 6.61 Å². The molecular weight excluding hydrogens is 378 g/mol. The summed E-state index contributed by atoms with van der Waals surface area (Å²) >= 11 is 0. The predicted octanol–water partition coefficient (Wildman–Crippen LogP) is 4.39. The third-order valence-electron chi connectivity index (χ3n) is 5.14. The summed E-state index contributed by atoms with van der Waals surface area (Å²) in [6, 6.07) is 17.7. The Labute approximate surface area is 171 Å². The minimum atomic E-state index is -0.476. The Hall–Kier alpha value is -4.11. The summed E-state index contributed by atoms with van der Waals surface area (Å²) in [5, 5.41) is 13.7. The van der Waals surface area contributed by atoms with Gasteiger partial charge in [0.25, 0.3) is 0 Å². The van der Waals surface area contributed by atoms with Crippen LogP contribution in [0.1, 0.15) is 28.7 Å². The molecule has 2 aromatic heterocycles. The smallest absolute Gasteiger partial charge is 0.342 e. The second-order valence-corrected chi connectivity index (χ2v) is 7.10. The van der Waals surface area contributed by atoms with Gasteiger partial charge in [-0.05, 0) is 43.0 Å². The van der Waals surface area contributed by atoms with Gasteiger partial charge in [-0.25, -0.2) is 9.78 Å². The largest absolute Gasteiger partial charge is 0.462 e. The predicted molar refractivity (Wildman–Crippen MR) is 114 cm³/mol. The number of nitrogens with one attached hydrogen (secondary N) is 1. The molecule has 5 rings (SSSR count). The lowest BCUT2D eigenvalue weighted by atomic mass is 10.1. The molecule has 0 unspecified atom stereocenters. The maximum atomic E-state index is 12.4. The van der Waals surface area contributed by atoms with Gasteiger partial charge in [0.15, 0.2) is 5.58 Å². The van der Waals surface area contributed by atoms with Crippen molar-refractivity contribution < 1.29 is 13.9 Å². The number of rotatable bonds is 3. The van der Waals surface area contributed by atoms with E-state index in [9.17, 15) is 10.1 Å². The lowest BCUT2D eigenvalue weighted by Gasteiger charge is -2.02. The van der Waals surface area contributed by atoms with Crippen LogP contribution in [0.15, 0.2) is 52.9 Å². The van der Waals surface area contributed by atoms with Crippen molar-refractivity contribution in [3.05, 3.63) is 70.9 Å². The number of fused-ring (bicyclic) bond motifs is 1. The highest BCUT2D eigenvalue weighted by atomic mass is 16.5. The van der Waals surface area contributed by atoms with Crippen LogP contribution in [-0.2, 0) is 4.74 Å². The van der Waals surface area contributed by atoms with Crippen LogP contribution in [-0.4, -0.2) is 22.5 Å². The molecule has 0 aliphatic carbocycles. The maximum absolute atomic E-state index is 12.4. The second-order valence-electron chi connectivity index (χ2n) is 7.10. The number of aryl methyl sites for hydroxylation is 1. The van der Waals surface area contributed by atoms with Gasteiger partial charge in [0, 0.05) is 16.3 Å². The van der Waals surface area contributed by atoms with Crippen molar-refractivity contribution in [3.8, 4) is 6.07 Å². The Bertz CT molecular complexity index is 1540. The Morgan fingerprint density at radius 2 is 2.03 bits per heavy atom. The van der Waals surface area contributed by atoms with E-state index in [-0.39, 0.29) is 18.1 Å². The average Bonchev–Trinajstić information content (AvgIpc) is 3.32. The Morgan fingerprint density at radius 1 is 1.23 bits per heavy atom. The molecule has 0 saturated heterocycles. The molecule has 146 valence electrons. The minimum Gasteiger partial charge on any atom is -0.462 e. The number of hydrogen-bond acceptors (Lipinski definition) is 5. The fraction of sp³-hybridized carbons (Fsp3) is 0.125. The minimum absolute atomic E-state index is 0.163. The summed E-state index contributed by atoms with van der Waals surface area (Å²) in [5.74, 6) is -0.313. The molecular formula is C24H17N3O3. The van der Waals surface area contributed by atoms with Crippen molar-refractivity contribution in [1.82, 2.24) is 9.97 Å². The molecule has 0 atom stereocenters. The molecule has 2 heterocycles. The van der Waals surface area contributed by atoms with E-state index in [0.717, 1.165) is 27.2 Å². The number of nitrogens with zero attached hydrogens (tertiary/aromatic N) is 2. The first-order valence-corrected chi connectivity index (χ1v) is 9.63. The number of ether oxygens (including phenoxy) is 1. The highest BCUT2D eigenvalue weighted by Gasteiger charge is 2.21. The van der Waals surface area contributed by atoms with E-state index in [1.54, 1.807) is 13.0 Å². The third-order valence-corrected chi connectivity index (χ3v) is 5.14. The lowest BCUT2D eigenvalue weighted by molar-refractivity contribution is 0.0527. The van der Waals surface area contributed by atoms with E-state index in [0.29, 0.717) is 22.0 Å². The number of H-pyrrole nitrogens is 1. The zero-order valence-electron chi connectivity index (χ0n) is 16.4. The maximum Gasteiger partial charge on any atom is 0.342 e. The van der Waals surface area contributed by atoms with Gasteiger partial charge in [-0.3, -0.25) is 0 Å². The molecule has 0 radical (unpaired) electrons. The third kappa shape index (κ3) is 2.64. The Kier molecular flexibility index (Phi) is 4.04. The summed E-state index contributed by atoms with van der Waals surface area (Å²) in [4.78, 5) is 20.3. The first kappa shape index (κ1) is 18.0. The van der Waals surface area contributed by atoms with E-state index < -0.39 is 5.97 Å². The molecule has 30 heavy (non-hydrogen) atoms. The molecule has 6 nitrogen and oxygen atoms in total. The number of carbonyl (C=O) groups excluding carboxylic acids is 1. The van der Waals surface area contributed by atoms with Crippen LogP contribution >= 0.6 is 0 Å². The normalized spacial score (nSPS) is 12.4. The zero-order chi connectivity index (χ0) is 20.8. The molecule has 5 aromatic rings. The fourth-order valence-electron chi connectivity index (χ4n) is 3.90. The van der Waals surface area contributed by atoms with Gasteiger partial charge in [0.1, 0.15) is 22.7 Å². The monoisotopic (exact) mass is 395 g/mol. The van der Waals surface area contributed by atoms with Gasteiger partial charge in [-0.2, -0.15) is 5.26 Å². The molecule has 0 bridgehead atoms. The fourth-order valence-corrected chi connectivity index (χ4v) is 3.90. The first-order valence-electron chi connectivity index (χ1n) is 9.63. The molecule has 0 spiro atoms. The summed E-state index contributed by atoms with van der Waals surface area (Å²) in [6.07, 6.45) is 0. The van der Waals surface area contributed by atoms with Crippen molar-refractivity contribution in [3.63, 3.8) is 0 Å². The molecule has 6 heteroatoms. The number of nitriles is 1. The van der Waals surface area contributed by atoms with Crippen LogP contribution in [0.3, 0.4) is 0 Å². The number of benzene rings is 3. The standard InChI is InChI=1S/C24H17N3O3/c1-3-29-24(28)16-10-13(2)11-19-22(16)30-23(27-19)17(12-25)21-15-8-4-6-14-7-5-9-18(26-21)20(14)15/h4-11,26H,3H2,1-2H3/b21-17+. The lowest BCUT2D eigenvalue weighted by Crippen LogP contribution is -2.08. The van der Waals surface area contributed by atoms with Crippen LogP contribution in [0.5, 0.6) is 0 Å². The Balaban J connectivity index is 1.83. The number of esters is 1. The SMILES string of the molecule is CCOC(=O)c1cc(C)cc2nc(/C(C#N)=c3/[nH]c4cccc5cccc3c54)oc12. The number of aromatic amines is 1. The molecule has 0 aliphatic heterocycles. The van der Waals surface area contributed by atoms with Crippen molar-refractivity contribution >= 4 is 44.3 Å². The molecule has 0 fully saturated rings. The van der Waals surface area contributed by atoms with E-state index in [2.05, 4.69) is 16.0 Å². The van der Waals surface area contributed by atoms with Crippen LogP contribution in [0.4, 0.5) is 0 Å². The molecule has 0 saturated carbocycles. The topological polar surface area (TPSA) is 91.9 Å². The summed E-state index contributed by atoms with van der Waals surface area (Å²) in [6.45, 7) is 3.88. The van der Waals surface area contributed by atoms with Gasteiger partial charge in [0.05, 0.1) is 12.0 Å². The van der Waals surface area contributed by atoms with Crippen molar-refractivity contribution in [2.24, 2.45) is 0 Å². The molecule has 0 amide bonds. The number of oxazole rings is 1. The highest BCUT2D eigenvalue weighted by Crippen LogP contribution is 2.27. The highest BCUT2D eigenvalue weighted by molar-refractivity contribution is 6.10. The van der Waals surface area contributed by atoms with Gasteiger partial charge in [0.2, 0.25) is 5.89 Å². The van der Waals surface area contributed by atoms with Gasteiger partial charge < -0.3 is 14.1 Å². The van der Waals surface area contributed by atoms with Crippen LogP contribution < -0.4 is 5.35 Å². The second kappa shape index (κ2) is 6.75. The van der Waals surface area contributed by atoms with Crippen LogP contribution in [0.2, 0.25) is 0 Å². The first-order chi connectivity index (χ1) is 14.6. The number of hydrogen-bond donors (Lipinski definition) is 1. The van der Waals surface area contributed by atoms with Crippen molar-refractivity contribution in [1.29, 1.82) is 5.26 Å². The molecule has 1 N–H and O–H groups in total. The van der Waals surface area contributed by atoms with E-state index in [1.807, 2.05) is 49.4 Å². The Morgan fingerprint density at radius 3 is 2.80 bits per heavy atom. The van der Waals surface area contributed by atoms with Gasteiger partial charge in [-0.15, -0.1) is 0 Å². The van der Waals surface area contributed by atoms with E-state index >= 15 is 0 Å². The summed E-state index contributed by atoms with van der Waals surface area (Å²) in [5.41, 5.74) is 3.20. The molecule has 0 aliphatic rings. The van der Waals surface area contributed by atoms with Crippen molar-refractivity contribution in [2.45, 2.75) is 13.8 Å². The zero-order valence-corrected chi connectivity index (χ0v) is 16.4. The van der Waals surface area contributed by atoms with Gasteiger partial charge >= 0.3 is 5.97 Å². The average molecular weight is 395 g/mol. The van der Waals surface area contributed by atoms with Gasteiger partial charge in [-0.1, -0.05) is 30.3 Å². The molecule has 3 aromatic carbocycles. The van der Waals surface area contributed by atoms with Crippen LogP contribution in [0.25, 0.3) is 38.3 Å². The summed E-state index contributed by atoms with van der Waals surface area (Å²) in [7, 11) is 0. The van der Waals surface area contributed by atoms with Crippen LogP contribution in [0, 0.1) is 18.3 Å². The quantitative estimate of drug-likeness (QED) is 0.458. The van der Waals surface area contributed by atoms with E-state index in [1.165, 1.54) is 0 Å². The number of aromatic nitrogens is 2.